The number of hydrogen-bond donors (Lipinski definition) is 2. The van der Waals surface area contributed by atoms with Crippen LogP contribution in [0, 0.1) is 13.8 Å². The number of para-hydroxylation sites is 1. The first-order valence-corrected chi connectivity index (χ1v) is 8.94. The van der Waals surface area contributed by atoms with E-state index in [-0.39, 0.29) is 18.2 Å². The Hall–Kier alpha value is -2.50. The number of carbonyl (C=O) groups is 1. The van der Waals surface area contributed by atoms with E-state index in [2.05, 4.69) is 21.6 Å². The number of fused-ring (bicyclic) bond motifs is 1. The SMILES string of the molecule is Cc1n[nH]c(C)c1[C@@H]1CCCN1C(=O)NC[C@H]1Cc2ccccc2O1. The third kappa shape index (κ3) is 2.97. The summed E-state index contributed by atoms with van der Waals surface area (Å²) in [5.41, 5.74) is 4.41. The van der Waals surface area contributed by atoms with Crippen molar-refractivity contribution in [2.75, 3.05) is 13.1 Å². The first-order valence-electron chi connectivity index (χ1n) is 8.94. The minimum absolute atomic E-state index is 0.0120. The molecule has 1 fully saturated rings. The van der Waals surface area contributed by atoms with Gasteiger partial charge in [-0.25, -0.2) is 4.79 Å². The van der Waals surface area contributed by atoms with Gasteiger partial charge in [-0.1, -0.05) is 18.2 Å². The second-order valence-electron chi connectivity index (χ2n) is 6.94. The molecule has 0 aliphatic carbocycles. The number of carbonyl (C=O) groups excluding carboxylic acids is 1. The van der Waals surface area contributed by atoms with Gasteiger partial charge < -0.3 is 15.0 Å². The number of nitrogens with zero attached hydrogens (tertiary/aromatic N) is 2. The van der Waals surface area contributed by atoms with E-state index >= 15 is 0 Å². The lowest BCUT2D eigenvalue weighted by atomic mass is 10.0. The smallest absolute Gasteiger partial charge is 0.318 e. The number of likely N-dealkylation sites (tertiary alicyclic amines) is 1. The molecule has 4 rings (SSSR count). The molecule has 0 bridgehead atoms. The van der Waals surface area contributed by atoms with Crippen molar-refractivity contribution in [2.24, 2.45) is 0 Å². The molecule has 2 N–H and O–H groups in total. The van der Waals surface area contributed by atoms with Crippen LogP contribution in [0.3, 0.4) is 0 Å². The zero-order chi connectivity index (χ0) is 17.4. The van der Waals surface area contributed by atoms with E-state index < -0.39 is 0 Å². The summed E-state index contributed by atoms with van der Waals surface area (Å²) >= 11 is 0. The van der Waals surface area contributed by atoms with Crippen LogP contribution in [0.1, 0.15) is 41.4 Å². The van der Waals surface area contributed by atoms with Gasteiger partial charge in [0.1, 0.15) is 11.9 Å². The van der Waals surface area contributed by atoms with Gasteiger partial charge in [-0.3, -0.25) is 5.10 Å². The number of nitrogens with one attached hydrogen (secondary N) is 2. The van der Waals surface area contributed by atoms with Crippen LogP contribution in [-0.4, -0.2) is 40.3 Å². The standard InChI is InChI=1S/C19H24N4O2/c1-12-18(13(2)22-21-12)16-7-5-9-23(16)19(24)20-11-15-10-14-6-3-4-8-17(14)25-15/h3-4,6,8,15-16H,5,7,9-11H2,1-2H3,(H,20,24)(H,21,22)/t15-,16+/m1/s1. The van der Waals surface area contributed by atoms with E-state index in [0.717, 1.165) is 48.5 Å². The van der Waals surface area contributed by atoms with Crippen molar-refractivity contribution in [2.45, 2.75) is 45.3 Å². The molecule has 2 aromatic rings. The molecule has 3 heterocycles. The summed E-state index contributed by atoms with van der Waals surface area (Å²) in [7, 11) is 0. The predicted molar refractivity (Wildman–Crippen MR) is 94.7 cm³/mol. The molecular weight excluding hydrogens is 316 g/mol. The van der Waals surface area contributed by atoms with E-state index in [0.29, 0.717) is 6.54 Å². The summed E-state index contributed by atoms with van der Waals surface area (Å²) in [6, 6.07) is 8.16. The molecule has 1 aromatic carbocycles. The number of hydrogen-bond acceptors (Lipinski definition) is 3. The molecule has 2 aliphatic heterocycles. The van der Waals surface area contributed by atoms with E-state index in [4.69, 9.17) is 4.74 Å². The van der Waals surface area contributed by atoms with Gasteiger partial charge in [0.2, 0.25) is 0 Å². The highest BCUT2D eigenvalue weighted by Crippen LogP contribution is 2.35. The highest BCUT2D eigenvalue weighted by atomic mass is 16.5. The summed E-state index contributed by atoms with van der Waals surface area (Å²) in [5.74, 6) is 0.936. The van der Waals surface area contributed by atoms with E-state index in [1.165, 1.54) is 5.56 Å². The molecule has 2 atom stereocenters. The molecule has 2 aliphatic rings. The maximum absolute atomic E-state index is 12.7. The molecule has 0 radical (unpaired) electrons. The summed E-state index contributed by atoms with van der Waals surface area (Å²) < 4.78 is 5.91. The Kier molecular flexibility index (Phi) is 4.11. The van der Waals surface area contributed by atoms with Gasteiger partial charge in [-0.15, -0.1) is 0 Å². The maximum Gasteiger partial charge on any atom is 0.318 e. The predicted octanol–water partition coefficient (Wildman–Crippen LogP) is 2.88. The third-order valence-corrected chi connectivity index (χ3v) is 5.23. The van der Waals surface area contributed by atoms with Gasteiger partial charge in [0.05, 0.1) is 18.3 Å². The molecule has 1 aromatic heterocycles. The van der Waals surface area contributed by atoms with Crippen molar-refractivity contribution < 1.29 is 9.53 Å². The molecule has 6 nitrogen and oxygen atoms in total. The van der Waals surface area contributed by atoms with Crippen molar-refractivity contribution >= 4 is 6.03 Å². The highest BCUT2D eigenvalue weighted by molar-refractivity contribution is 5.75. The zero-order valence-corrected chi connectivity index (χ0v) is 14.7. The quantitative estimate of drug-likeness (QED) is 0.902. The van der Waals surface area contributed by atoms with Gasteiger partial charge in [0, 0.05) is 24.2 Å². The van der Waals surface area contributed by atoms with E-state index in [1.807, 2.05) is 36.9 Å². The number of aromatic nitrogens is 2. The molecular formula is C19H24N4O2. The molecule has 0 spiro atoms. The zero-order valence-electron chi connectivity index (χ0n) is 14.7. The fraction of sp³-hybridized carbons (Fsp3) is 0.474. The monoisotopic (exact) mass is 340 g/mol. The van der Waals surface area contributed by atoms with Crippen LogP contribution >= 0.6 is 0 Å². The molecule has 6 heteroatoms. The second-order valence-corrected chi connectivity index (χ2v) is 6.94. The summed E-state index contributed by atoms with van der Waals surface area (Å²) in [4.78, 5) is 14.7. The van der Waals surface area contributed by atoms with Crippen LogP contribution in [0.4, 0.5) is 4.79 Å². The Morgan fingerprint density at radius 3 is 3.00 bits per heavy atom. The van der Waals surface area contributed by atoms with Crippen LogP contribution in [0.5, 0.6) is 5.75 Å². The normalized spacial score (nSPS) is 21.9. The summed E-state index contributed by atoms with van der Waals surface area (Å²) in [6.45, 7) is 5.33. The highest BCUT2D eigenvalue weighted by Gasteiger charge is 2.33. The van der Waals surface area contributed by atoms with Gasteiger partial charge in [-0.05, 0) is 38.3 Å². The lowest BCUT2D eigenvalue weighted by Gasteiger charge is -2.26. The first kappa shape index (κ1) is 16.0. The topological polar surface area (TPSA) is 70.2 Å². The third-order valence-electron chi connectivity index (χ3n) is 5.23. The number of ether oxygens (including phenoxy) is 1. The Morgan fingerprint density at radius 1 is 1.40 bits per heavy atom. The number of H-pyrrole nitrogens is 1. The second kappa shape index (κ2) is 6.43. The molecule has 0 unspecified atom stereocenters. The molecule has 0 saturated carbocycles. The Balaban J connectivity index is 1.38. The first-order chi connectivity index (χ1) is 12.1. The number of amides is 2. The number of aryl methyl sites for hydroxylation is 2. The van der Waals surface area contributed by atoms with Crippen LogP contribution in [-0.2, 0) is 6.42 Å². The molecule has 132 valence electrons. The van der Waals surface area contributed by atoms with Crippen molar-refractivity contribution in [3.8, 4) is 5.75 Å². The van der Waals surface area contributed by atoms with Crippen molar-refractivity contribution in [1.29, 1.82) is 0 Å². The maximum atomic E-state index is 12.7. The van der Waals surface area contributed by atoms with Crippen molar-refractivity contribution in [1.82, 2.24) is 20.4 Å². The van der Waals surface area contributed by atoms with Gasteiger partial charge >= 0.3 is 6.03 Å². The summed E-state index contributed by atoms with van der Waals surface area (Å²) in [5, 5.41) is 10.4. The van der Waals surface area contributed by atoms with Gasteiger partial charge in [0.25, 0.3) is 0 Å². The number of urea groups is 1. The lowest BCUT2D eigenvalue weighted by Crippen LogP contribution is -2.43. The lowest BCUT2D eigenvalue weighted by molar-refractivity contribution is 0.180. The van der Waals surface area contributed by atoms with Crippen LogP contribution in [0.25, 0.3) is 0 Å². The van der Waals surface area contributed by atoms with Crippen LogP contribution in [0.15, 0.2) is 24.3 Å². The van der Waals surface area contributed by atoms with Crippen LogP contribution in [0.2, 0.25) is 0 Å². The Morgan fingerprint density at radius 2 is 2.24 bits per heavy atom. The number of rotatable bonds is 3. The van der Waals surface area contributed by atoms with Crippen LogP contribution < -0.4 is 10.1 Å². The number of benzene rings is 1. The van der Waals surface area contributed by atoms with Crippen molar-refractivity contribution in [3.05, 3.63) is 46.8 Å². The Bertz CT molecular complexity index is 741. The summed E-state index contributed by atoms with van der Waals surface area (Å²) in [6.07, 6.45) is 2.87. The fourth-order valence-corrected chi connectivity index (χ4v) is 4.03. The Labute approximate surface area is 147 Å². The molecule has 1 saturated heterocycles. The fourth-order valence-electron chi connectivity index (χ4n) is 4.03. The number of aromatic amines is 1. The largest absolute Gasteiger partial charge is 0.488 e. The van der Waals surface area contributed by atoms with E-state index in [9.17, 15) is 4.79 Å². The minimum Gasteiger partial charge on any atom is -0.488 e. The average molecular weight is 340 g/mol. The van der Waals surface area contributed by atoms with Gasteiger partial charge in [-0.2, -0.15) is 5.10 Å². The molecule has 2 amide bonds. The van der Waals surface area contributed by atoms with Crippen molar-refractivity contribution in [3.63, 3.8) is 0 Å². The molecule has 25 heavy (non-hydrogen) atoms. The average Bonchev–Trinajstić information content (AvgIpc) is 3.31. The van der Waals surface area contributed by atoms with Gasteiger partial charge in [0.15, 0.2) is 0 Å². The van der Waals surface area contributed by atoms with E-state index in [1.54, 1.807) is 0 Å². The minimum atomic E-state index is -0.0120.